The molecule has 6 nitrogen and oxygen atoms in total. The Bertz CT molecular complexity index is 341. The van der Waals surface area contributed by atoms with Crippen molar-refractivity contribution < 1.29 is 17.9 Å². The first-order valence-electron chi connectivity index (χ1n) is 5.32. The van der Waals surface area contributed by atoms with Crippen LogP contribution in [0.25, 0.3) is 0 Å². The molecule has 1 amide bonds. The number of nitrogens with two attached hydrogens (primary N) is 1. The van der Waals surface area contributed by atoms with Gasteiger partial charge in [-0.25, -0.2) is 13.6 Å². The van der Waals surface area contributed by atoms with Crippen molar-refractivity contribution in [2.45, 2.75) is 25.0 Å². The summed E-state index contributed by atoms with van der Waals surface area (Å²) in [4.78, 5) is 13.0. The van der Waals surface area contributed by atoms with Crippen LogP contribution in [0.2, 0.25) is 0 Å². The van der Waals surface area contributed by atoms with Crippen molar-refractivity contribution >= 4 is 15.9 Å². The highest BCUT2D eigenvalue weighted by Crippen LogP contribution is 2.16. The molecule has 0 bridgehead atoms. The number of likely N-dealkylation sites (tertiary alicyclic amines) is 1. The van der Waals surface area contributed by atoms with Crippen LogP contribution >= 0.6 is 0 Å². The first-order valence-corrected chi connectivity index (χ1v) is 6.93. The maximum atomic E-state index is 11.5. The van der Waals surface area contributed by atoms with Crippen LogP contribution in [0, 0.1) is 0 Å². The lowest BCUT2D eigenvalue weighted by Crippen LogP contribution is -2.32. The highest BCUT2D eigenvalue weighted by Gasteiger charge is 2.35. The van der Waals surface area contributed by atoms with Gasteiger partial charge in [-0.15, -0.1) is 0 Å². The number of ether oxygens (including phenoxy) is 1. The minimum atomic E-state index is -3.60. The molecule has 0 aromatic carbocycles. The van der Waals surface area contributed by atoms with E-state index in [-0.39, 0.29) is 18.9 Å². The van der Waals surface area contributed by atoms with E-state index >= 15 is 0 Å². The highest BCUT2D eigenvalue weighted by atomic mass is 32.2. The third kappa shape index (κ3) is 3.73. The summed E-state index contributed by atoms with van der Waals surface area (Å²) in [6.45, 7) is 3.88. The van der Waals surface area contributed by atoms with E-state index in [1.165, 1.54) is 4.90 Å². The van der Waals surface area contributed by atoms with E-state index in [9.17, 15) is 13.2 Å². The average Bonchev–Trinajstić information content (AvgIpc) is 2.55. The topological polar surface area (TPSA) is 89.7 Å². The largest absolute Gasteiger partial charge is 0.382 e. The normalized spacial score (nSPS) is 21.8. The van der Waals surface area contributed by atoms with Gasteiger partial charge in [0.15, 0.2) is 0 Å². The zero-order valence-corrected chi connectivity index (χ0v) is 10.2. The summed E-state index contributed by atoms with van der Waals surface area (Å²) >= 11 is 0. The van der Waals surface area contributed by atoms with Gasteiger partial charge in [0.05, 0.1) is 0 Å². The second kappa shape index (κ2) is 5.60. The van der Waals surface area contributed by atoms with Gasteiger partial charge in [0.1, 0.15) is 5.25 Å². The van der Waals surface area contributed by atoms with Crippen LogP contribution < -0.4 is 5.14 Å². The van der Waals surface area contributed by atoms with Crippen molar-refractivity contribution in [2.75, 3.05) is 26.3 Å². The Hall–Kier alpha value is -0.660. The molecule has 1 heterocycles. The predicted molar refractivity (Wildman–Crippen MR) is 59.2 cm³/mol. The Morgan fingerprint density at radius 3 is 2.75 bits per heavy atom. The molecule has 1 saturated heterocycles. The van der Waals surface area contributed by atoms with Crippen LogP contribution in [0.15, 0.2) is 0 Å². The molecule has 0 radical (unpaired) electrons. The number of rotatable bonds is 6. The lowest BCUT2D eigenvalue weighted by atomic mass is 10.4. The predicted octanol–water partition coefficient (Wildman–Crippen LogP) is -0.698. The molecular formula is C9H18N2O4S. The van der Waals surface area contributed by atoms with Crippen LogP contribution in [0.4, 0.5) is 0 Å². The first kappa shape index (κ1) is 13.4. The SMILES string of the molecule is CCOCCCN1CC(S(N)(=O)=O)CC1=O. The van der Waals surface area contributed by atoms with Crippen molar-refractivity contribution in [1.82, 2.24) is 4.90 Å². The quantitative estimate of drug-likeness (QED) is 0.631. The van der Waals surface area contributed by atoms with E-state index in [0.717, 1.165) is 6.42 Å². The minimum Gasteiger partial charge on any atom is -0.382 e. The van der Waals surface area contributed by atoms with Crippen LogP contribution in [-0.4, -0.2) is 50.8 Å². The van der Waals surface area contributed by atoms with Crippen molar-refractivity contribution in [3.63, 3.8) is 0 Å². The van der Waals surface area contributed by atoms with Crippen LogP contribution in [0.3, 0.4) is 0 Å². The fraction of sp³-hybridized carbons (Fsp3) is 0.889. The molecule has 0 aliphatic carbocycles. The Morgan fingerprint density at radius 2 is 2.25 bits per heavy atom. The van der Waals surface area contributed by atoms with Gasteiger partial charge in [-0.3, -0.25) is 4.79 Å². The fourth-order valence-electron chi connectivity index (χ4n) is 1.67. The summed E-state index contributed by atoms with van der Waals surface area (Å²) in [6.07, 6.45) is 0.727. The summed E-state index contributed by atoms with van der Waals surface area (Å²) in [5, 5.41) is 4.27. The monoisotopic (exact) mass is 250 g/mol. The summed E-state index contributed by atoms with van der Waals surface area (Å²) in [5.74, 6) is -0.143. The Balaban J connectivity index is 2.37. The van der Waals surface area contributed by atoms with Crippen LogP contribution in [0.5, 0.6) is 0 Å². The molecule has 1 aliphatic rings. The fourth-order valence-corrected chi connectivity index (χ4v) is 2.44. The number of primary sulfonamides is 1. The van der Waals surface area contributed by atoms with Gasteiger partial charge in [0, 0.05) is 32.7 Å². The highest BCUT2D eigenvalue weighted by molar-refractivity contribution is 7.89. The van der Waals surface area contributed by atoms with E-state index in [0.29, 0.717) is 19.8 Å². The molecule has 1 fully saturated rings. The van der Waals surface area contributed by atoms with Gasteiger partial charge < -0.3 is 9.64 Å². The number of sulfonamides is 1. The molecule has 7 heteroatoms. The third-order valence-corrected chi connectivity index (χ3v) is 3.81. The summed E-state index contributed by atoms with van der Waals surface area (Å²) in [5.41, 5.74) is 0. The molecule has 0 saturated carbocycles. The molecular weight excluding hydrogens is 232 g/mol. The summed E-state index contributed by atoms with van der Waals surface area (Å²) < 4.78 is 27.3. The van der Waals surface area contributed by atoms with Gasteiger partial charge in [-0.2, -0.15) is 0 Å². The third-order valence-electron chi connectivity index (χ3n) is 2.56. The molecule has 0 aromatic heterocycles. The van der Waals surface area contributed by atoms with Crippen molar-refractivity contribution in [3.8, 4) is 0 Å². The van der Waals surface area contributed by atoms with Crippen molar-refractivity contribution in [2.24, 2.45) is 5.14 Å². The summed E-state index contributed by atoms with van der Waals surface area (Å²) in [6, 6.07) is 0. The standard InChI is InChI=1S/C9H18N2O4S/c1-2-15-5-3-4-11-7-8(6-9(11)12)16(10,13)14/h8H,2-7H2,1H3,(H2,10,13,14). The smallest absolute Gasteiger partial charge is 0.224 e. The molecule has 1 rings (SSSR count). The van der Waals surface area contributed by atoms with E-state index in [2.05, 4.69) is 0 Å². The maximum Gasteiger partial charge on any atom is 0.224 e. The number of carbonyl (C=O) groups is 1. The van der Waals surface area contributed by atoms with Crippen LogP contribution in [-0.2, 0) is 19.6 Å². The number of carbonyl (C=O) groups excluding carboxylic acids is 1. The lowest BCUT2D eigenvalue weighted by molar-refractivity contribution is -0.127. The maximum absolute atomic E-state index is 11.5. The second-order valence-electron chi connectivity index (χ2n) is 3.81. The summed E-state index contributed by atoms with van der Waals surface area (Å²) in [7, 11) is -3.60. The van der Waals surface area contributed by atoms with Gasteiger partial charge >= 0.3 is 0 Å². The van der Waals surface area contributed by atoms with Crippen molar-refractivity contribution in [3.05, 3.63) is 0 Å². The molecule has 94 valence electrons. The van der Waals surface area contributed by atoms with E-state index in [1.54, 1.807) is 0 Å². The molecule has 1 unspecified atom stereocenters. The van der Waals surface area contributed by atoms with E-state index < -0.39 is 15.3 Å². The average molecular weight is 250 g/mol. The van der Waals surface area contributed by atoms with Gasteiger partial charge in [-0.05, 0) is 13.3 Å². The number of hydrogen-bond acceptors (Lipinski definition) is 4. The number of nitrogens with zero attached hydrogens (tertiary/aromatic N) is 1. The second-order valence-corrected chi connectivity index (χ2v) is 5.65. The van der Waals surface area contributed by atoms with E-state index in [4.69, 9.17) is 9.88 Å². The zero-order valence-electron chi connectivity index (χ0n) is 9.39. The zero-order chi connectivity index (χ0) is 12.2. The number of hydrogen-bond donors (Lipinski definition) is 1. The molecule has 2 N–H and O–H groups in total. The first-order chi connectivity index (χ1) is 7.45. The van der Waals surface area contributed by atoms with Crippen molar-refractivity contribution in [1.29, 1.82) is 0 Å². The number of amides is 1. The van der Waals surface area contributed by atoms with Gasteiger partial charge in [-0.1, -0.05) is 0 Å². The minimum absolute atomic E-state index is 0.00741. The molecule has 0 spiro atoms. The molecule has 0 aromatic rings. The Morgan fingerprint density at radius 1 is 1.56 bits per heavy atom. The lowest BCUT2D eigenvalue weighted by Gasteiger charge is -2.15. The Labute approximate surface area is 95.8 Å². The van der Waals surface area contributed by atoms with Gasteiger partial charge in [0.25, 0.3) is 0 Å². The molecule has 16 heavy (non-hydrogen) atoms. The van der Waals surface area contributed by atoms with Crippen LogP contribution in [0.1, 0.15) is 19.8 Å². The molecule has 1 atom stereocenters. The van der Waals surface area contributed by atoms with E-state index in [1.807, 2.05) is 6.92 Å². The van der Waals surface area contributed by atoms with Gasteiger partial charge in [0.2, 0.25) is 15.9 Å². The Kier molecular flexibility index (Phi) is 4.69. The molecule has 1 aliphatic heterocycles.